The van der Waals surface area contributed by atoms with Crippen LogP contribution in [0, 0.1) is 0 Å². The summed E-state index contributed by atoms with van der Waals surface area (Å²) in [7, 11) is 3.14. The normalized spacial score (nSPS) is 16.6. The molecule has 0 radical (unpaired) electrons. The SMILES string of the molecule is COc1ccc(C(=O)N2CCN(c3ccc(-c4noc(C5CCCC5)n4)cn3)CC2)cc1OC. The molecule has 9 heteroatoms. The maximum Gasteiger partial charge on any atom is 0.254 e. The van der Waals surface area contributed by atoms with Gasteiger partial charge in [0.25, 0.3) is 5.91 Å². The zero-order valence-electron chi connectivity index (χ0n) is 19.6. The molecule has 3 heterocycles. The highest BCUT2D eigenvalue weighted by molar-refractivity contribution is 5.95. The van der Waals surface area contributed by atoms with Gasteiger partial charge in [0, 0.05) is 49.4 Å². The lowest BCUT2D eigenvalue weighted by molar-refractivity contribution is 0.0746. The summed E-state index contributed by atoms with van der Waals surface area (Å²) in [4.78, 5) is 26.2. The Morgan fingerprint density at radius 3 is 2.44 bits per heavy atom. The largest absolute Gasteiger partial charge is 0.493 e. The molecule has 0 bridgehead atoms. The highest BCUT2D eigenvalue weighted by Crippen LogP contribution is 2.34. The van der Waals surface area contributed by atoms with Crippen LogP contribution in [-0.4, -0.2) is 66.3 Å². The van der Waals surface area contributed by atoms with Crippen LogP contribution in [0.1, 0.15) is 47.8 Å². The molecule has 2 aromatic heterocycles. The number of carbonyl (C=O) groups is 1. The minimum atomic E-state index is -0.0147. The quantitative estimate of drug-likeness (QED) is 0.545. The van der Waals surface area contributed by atoms with E-state index in [9.17, 15) is 4.79 Å². The molecule has 3 aromatic rings. The molecule has 2 fully saturated rings. The second-order valence-electron chi connectivity index (χ2n) is 8.69. The Bertz CT molecular complexity index is 1130. The number of rotatable bonds is 6. The molecule has 1 aliphatic carbocycles. The Morgan fingerprint density at radius 2 is 1.76 bits per heavy atom. The van der Waals surface area contributed by atoms with Crippen molar-refractivity contribution in [3.05, 3.63) is 48.0 Å². The van der Waals surface area contributed by atoms with Gasteiger partial charge >= 0.3 is 0 Å². The van der Waals surface area contributed by atoms with Crippen LogP contribution in [0.2, 0.25) is 0 Å². The maximum atomic E-state index is 13.0. The molecular formula is C25H29N5O4. The van der Waals surface area contributed by atoms with Gasteiger partial charge in [0.1, 0.15) is 5.82 Å². The average molecular weight is 464 g/mol. The number of pyridine rings is 1. The van der Waals surface area contributed by atoms with Gasteiger partial charge in [0.15, 0.2) is 11.5 Å². The van der Waals surface area contributed by atoms with Crippen molar-refractivity contribution in [2.45, 2.75) is 31.6 Å². The summed E-state index contributed by atoms with van der Waals surface area (Å²) in [5.41, 5.74) is 1.43. The van der Waals surface area contributed by atoms with E-state index in [4.69, 9.17) is 14.0 Å². The zero-order valence-corrected chi connectivity index (χ0v) is 19.6. The van der Waals surface area contributed by atoms with Crippen molar-refractivity contribution < 1.29 is 18.8 Å². The topological polar surface area (TPSA) is 93.8 Å². The Hall–Kier alpha value is -3.62. The van der Waals surface area contributed by atoms with Gasteiger partial charge in [0.2, 0.25) is 11.7 Å². The summed E-state index contributed by atoms with van der Waals surface area (Å²) in [5.74, 6) is 3.74. The van der Waals surface area contributed by atoms with E-state index in [2.05, 4.69) is 20.0 Å². The average Bonchev–Trinajstić information content (AvgIpc) is 3.61. The van der Waals surface area contributed by atoms with Crippen LogP contribution in [0.15, 0.2) is 41.1 Å². The third kappa shape index (κ3) is 4.42. The number of hydrogen-bond acceptors (Lipinski definition) is 8. The molecule has 34 heavy (non-hydrogen) atoms. The monoisotopic (exact) mass is 463 g/mol. The smallest absolute Gasteiger partial charge is 0.254 e. The summed E-state index contributed by atoms with van der Waals surface area (Å²) in [5, 5.41) is 4.15. The second kappa shape index (κ2) is 9.70. The summed E-state index contributed by atoms with van der Waals surface area (Å²) >= 11 is 0. The van der Waals surface area contributed by atoms with Gasteiger partial charge in [0.05, 0.1) is 14.2 Å². The lowest BCUT2D eigenvalue weighted by Crippen LogP contribution is -2.49. The van der Waals surface area contributed by atoms with Crippen LogP contribution < -0.4 is 14.4 Å². The third-order valence-corrected chi connectivity index (χ3v) is 6.67. The van der Waals surface area contributed by atoms with Crippen molar-refractivity contribution >= 4 is 11.7 Å². The number of aromatic nitrogens is 3. The highest BCUT2D eigenvalue weighted by atomic mass is 16.5. The first-order chi connectivity index (χ1) is 16.7. The van der Waals surface area contributed by atoms with E-state index < -0.39 is 0 Å². The van der Waals surface area contributed by atoms with Crippen molar-refractivity contribution in [3.8, 4) is 22.9 Å². The summed E-state index contributed by atoms with van der Waals surface area (Å²) in [6.07, 6.45) is 6.50. The number of ether oxygens (including phenoxy) is 2. The van der Waals surface area contributed by atoms with Crippen LogP contribution >= 0.6 is 0 Å². The maximum absolute atomic E-state index is 13.0. The minimum absolute atomic E-state index is 0.0147. The molecule has 1 aromatic carbocycles. The fourth-order valence-electron chi connectivity index (χ4n) is 4.69. The van der Waals surface area contributed by atoms with Gasteiger partial charge in [-0.3, -0.25) is 4.79 Å². The van der Waals surface area contributed by atoms with Crippen LogP contribution in [-0.2, 0) is 0 Å². The molecule has 5 rings (SSSR count). The van der Waals surface area contributed by atoms with Crippen LogP contribution in [0.3, 0.4) is 0 Å². The highest BCUT2D eigenvalue weighted by Gasteiger charge is 2.25. The zero-order chi connectivity index (χ0) is 23.5. The number of nitrogens with zero attached hydrogens (tertiary/aromatic N) is 5. The van der Waals surface area contributed by atoms with Gasteiger partial charge < -0.3 is 23.8 Å². The molecule has 0 unspecified atom stereocenters. The predicted molar refractivity (Wildman–Crippen MR) is 126 cm³/mol. The molecule has 0 atom stereocenters. The predicted octanol–water partition coefficient (Wildman–Crippen LogP) is 3.77. The first-order valence-corrected chi connectivity index (χ1v) is 11.7. The Labute approximate surface area is 198 Å². The molecule has 0 N–H and O–H groups in total. The van der Waals surface area contributed by atoms with Crippen LogP contribution in [0.5, 0.6) is 11.5 Å². The van der Waals surface area contributed by atoms with E-state index in [-0.39, 0.29) is 5.91 Å². The van der Waals surface area contributed by atoms with Crippen molar-refractivity contribution in [3.63, 3.8) is 0 Å². The van der Waals surface area contributed by atoms with Crippen molar-refractivity contribution in [2.75, 3.05) is 45.3 Å². The standard InChI is InChI=1S/C25H29N5O4/c1-32-20-9-7-18(15-21(20)33-2)25(31)30-13-11-29(12-14-30)22-10-8-19(16-26-22)23-27-24(34-28-23)17-5-3-4-6-17/h7-10,15-17H,3-6,11-14H2,1-2H3. The number of carbonyl (C=O) groups excluding carboxylic acids is 1. The van der Waals surface area contributed by atoms with Crippen LogP contribution in [0.4, 0.5) is 5.82 Å². The number of hydrogen-bond donors (Lipinski definition) is 0. The van der Waals surface area contributed by atoms with E-state index in [1.165, 1.54) is 12.8 Å². The number of piperazine rings is 1. The molecule has 1 saturated carbocycles. The summed E-state index contributed by atoms with van der Waals surface area (Å²) in [6, 6.07) is 9.21. The van der Waals surface area contributed by atoms with E-state index in [0.717, 1.165) is 30.1 Å². The summed E-state index contributed by atoms with van der Waals surface area (Å²) in [6.45, 7) is 2.65. The molecule has 1 amide bonds. The Morgan fingerprint density at radius 1 is 1.00 bits per heavy atom. The van der Waals surface area contributed by atoms with Crippen molar-refractivity contribution in [1.82, 2.24) is 20.0 Å². The number of methoxy groups -OCH3 is 2. The van der Waals surface area contributed by atoms with Gasteiger partial charge in [-0.15, -0.1) is 0 Å². The molecule has 1 aliphatic heterocycles. The first kappa shape index (κ1) is 22.2. The Balaban J connectivity index is 1.20. The van der Waals surface area contributed by atoms with E-state index in [1.807, 2.05) is 17.0 Å². The van der Waals surface area contributed by atoms with E-state index in [1.54, 1.807) is 38.6 Å². The first-order valence-electron chi connectivity index (χ1n) is 11.7. The van der Waals surface area contributed by atoms with Crippen molar-refractivity contribution in [1.29, 1.82) is 0 Å². The molecule has 1 saturated heterocycles. The summed E-state index contributed by atoms with van der Waals surface area (Å²) < 4.78 is 16.1. The molecule has 2 aliphatic rings. The fraction of sp³-hybridized carbons (Fsp3) is 0.440. The number of benzene rings is 1. The number of amides is 1. The molecule has 9 nitrogen and oxygen atoms in total. The molecular weight excluding hydrogens is 434 g/mol. The molecule has 0 spiro atoms. The van der Waals surface area contributed by atoms with Gasteiger partial charge in [-0.1, -0.05) is 18.0 Å². The van der Waals surface area contributed by atoms with Crippen molar-refractivity contribution in [2.24, 2.45) is 0 Å². The van der Waals surface area contributed by atoms with Gasteiger partial charge in [-0.05, 0) is 43.2 Å². The third-order valence-electron chi connectivity index (χ3n) is 6.67. The number of anilines is 1. The van der Waals surface area contributed by atoms with E-state index >= 15 is 0 Å². The lowest BCUT2D eigenvalue weighted by Gasteiger charge is -2.35. The second-order valence-corrected chi connectivity index (χ2v) is 8.69. The molecule has 178 valence electrons. The van der Waals surface area contributed by atoms with Gasteiger partial charge in [-0.2, -0.15) is 4.98 Å². The van der Waals surface area contributed by atoms with Gasteiger partial charge in [-0.25, -0.2) is 4.98 Å². The van der Waals surface area contributed by atoms with E-state index in [0.29, 0.717) is 55.0 Å². The minimum Gasteiger partial charge on any atom is -0.493 e. The Kier molecular flexibility index (Phi) is 6.33. The fourth-order valence-corrected chi connectivity index (χ4v) is 4.69. The lowest BCUT2D eigenvalue weighted by atomic mass is 10.1. The van der Waals surface area contributed by atoms with Crippen LogP contribution in [0.25, 0.3) is 11.4 Å².